The van der Waals surface area contributed by atoms with Gasteiger partial charge in [-0.05, 0) is 38.2 Å². The summed E-state index contributed by atoms with van der Waals surface area (Å²) in [5, 5.41) is 0. The van der Waals surface area contributed by atoms with Gasteiger partial charge in [0.2, 0.25) is 5.82 Å². The SMILES string of the molecule is C=C1C(=O)O[C@H]2[C@H]1CC/C(COC(=O)Cn1cc(F)c(=O)n(C)c1=O)=C\CC[C@@]1(C)O[C@@H]21. The van der Waals surface area contributed by atoms with Crippen LogP contribution in [0.25, 0.3) is 0 Å². The number of aromatic nitrogens is 2. The van der Waals surface area contributed by atoms with E-state index in [1.807, 2.05) is 13.0 Å². The first kappa shape index (κ1) is 22.2. The number of allylic oxidation sites excluding steroid dienone is 1. The number of fused-ring (bicyclic) bond motifs is 3. The predicted molar refractivity (Wildman–Crippen MR) is 109 cm³/mol. The Bertz CT molecular complexity index is 1130. The number of carbonyl (C=O) groups is 2. The molecule has 4 rings (SSSR count). The van der Waals surface area contributed by atoms with Crippen molar-refractivity contribution in [1.82, 2.24) is 9.13 Å². The molecule has 4 atom stereocenters. The highest BCUT2D eigenvalue weighted by Gasteiger charge is 2.61. The highest BCUT2D eigenvalue weighted by Crippen LogP contribution is 2.49. The third-order valence-electron chi connectivity index (χ3n) is 6.47. The fourth-order valence-corrected chi connectivity index (χ4v) is 4.41. The molecule has 1 aliphatic carbocycles. The van der Waals surface area contributed by atoms with Crippen LogP contribution in [0, 0.1) is 11.7 Å². The van der Waals surface area contributed by atoms with Gasteiger partial charge in [0.1, 0.15) is 25.4 Å². The highest BCUT2D eigenvalue weighted by atomic mass is 19.1. The van der Waals surface area contributed by atoms with E-state index in [1.54, 1.807) is 0 Å². The van der Waals surface area contributed by atoms with Crippen molar-refractivity contribution in [2.75, 3.05) is 6.61 Å². The van der Waals surface area contributed by atoms with Gasteiger partial charge in [0.15, 0.2) is 0 Å². The van der Waals surface area contributed by atoms with E-state index >= 15 is 0 Å². The Kier molecular flexibility index (Phi) is 5.66. The molecule has 0 radical (unpaired) electrons. The molecule has 0 bridgehead atoms. The van der Waals surface area contributed by atoms with E-state index in [4.69, 9.17) is 14.2 Å². The molecule has 0 aromatic carbocycles. The number of esters is 2. The Morgan fingerprint density at radius 1 is 1.38 bits per heavy atom. The number of rotatable bonds is 4. The summed E-state index contributed by atoms with van der Waals surface area (Å²) in [6.45, 7) is 5.35. The third kappa shape index (κ3) is 4.06. The predicted octanol–water partition coefficient (Wildman–Crippen LogP) is 0.985. The fourth-order valence-electron chi connectivity index (χ4n) is 4.41. The van der Waals surface area contributed by atoms with Gasteiger partial charge in [0.25, 0.3) is 5.56 Å². The molecule has 0 unspecified atom stereocenters. The van der Waals surface area contributed by atoms with E-state index in [9.17, 15) is 23.6 Å². The Labute approximate surface area is 183 Å². The Morgan fingerprint density at radius 3 is 2.88 bits per heavy atom. The number of halogens is 1. The maximum Gasteiger partial charge on any atom is 0.334 e. The van der Waals surface area contributed by atoms with Crippen molar-refractivity contribution in [2.24, 2.45) is 13.0 Å². The third-order valence-corrected chi connectivity index (χ3v) is 6.47. The molecule has 2 fully saturated rings. The highest BCUT2D eigenvalue weighted by molar-refractivity contribution is 5.91. The van der Waals surface area contributed by atoms with E-state index in [2.05, 4.69) is 6.58 Å². The summed E-state index contributed by atoms with van der Waals surface area (Å²) < 4.78 is 31.7. The van der Waals surface area contributed by atoms with Crippen molar-refractivity contribution in [3.8, 4) is 0 Å². The maximum atomic E-state index is 13.6. The quantitative estimate of drug-likeness (QED) is 0.292. The Balaban J connectivity index is 1.42. The Morgan fingerprint density at radius 2 is 2.12 bits per heavy atom. The molecule has 3 aliphatic rings. The van der Waals surface area contributed by atoms with Gasteiger partial charge < -0.3 is 14.2 Å². The van der Waals surface area contributed by atoms with Gasteiger partial charge in [-0.25, -0.2) is 9.59 Å². The van der Waals surface area contributed by atoms with Gasteiger partial charge >= 0.3 is 17.6 Å². The van der Waals surface area contributed by atoms with Crippen LogP contribution in [0.3, 0.4) is 0 Å². The molecule has 2 saturated heterocycles. The van der Waals surface area contributed by atoms with E-state index in [0.717, 1.165) is 23.6 Å². The van der Waals surface area contributed by atoms with E-state index in [-0.39, 0.29) is 30.3 Å². The van der Waals surface area contributed by atoms with Crippen LogP contribution < -0.4 is 11.2 Å². The zero-order valence-electron chi connectivity index (χ0n) is 18.0. The molecule has 0 spiro atoms. The normalized spacial score (nSPS) is 31.1. The Hall–Kier alpha value is -3.01. The number of hydrogen-bond donors (Lipinski definition) is 0. The molecule has 10 heteroatoms. The summed E-state index contributed by atoms with van der Waals surface area (Å²) in [6.07, 6.45) is 4.81. The average molecular weight is 448 g/mol. The fraction of sp³-hybridized carbons (Fsp3) is 0.545. The summed E-state index contributed by atoms with van der Waals surface area (Å²) in [7, 11) is 1.13. The second-order valence-corrected chi connectivity index (χ2v) is 8.70. The van der Waals surface area contributed by atoms with E-state index in [1.165, 1.54) is 0 Å². The lowest BCUT2D eigenvalue weighted by molar-refractivity contribution is -0.143. The van der Waals surface area contributed by atoms with Gasteiger partial charge in [-0.2, -0.15) is 4.39 Å². The second kappa shape index (κ2) is 8.16. The molecule has 9 nitrogen and oxygen atoms in total. The summed E-state index contributed by atoms with van der Waals surface area (Å²) >= 11 is 0. The van der Waals surface area contributed by atoms with Crippen molar-refractivity contribution < 1.29 is 28.2 Å². The van der Waals surface area contributed by atoms with Crippen molar-refractivity contribution in [3.63, 3.8) is 0 Å². The standard InChI is InChI=1S/C22H25FN2O7/c1-12-14-7-6-13(5-4-8-22(2)18(32-22)17(14)31-20(12)28)11-30-16(26)10-25-9-15(23)19(27)24(3)21(25)29/h5,9,14,17-18H,1,4,6-8,10-11H2,2-3H3/b13-5+/t14-,17-,18-,22+/m0/s1. The zero-order valence-corrected chi connectivity index (χ0v) is 18.0. The number of hydrogen-bond acceptors (Lipinski definition) is 7. The first-order valence-electron chi connectivity index (χ1n) is 10.5. The van der Waals surface area contributed by atoms with Gasteiger partial charge in [0.05, 0.1) is 11.8 Å². The van der Waals surface area contributed by atoms with Crippen molar-refractivity contribution in [1.29, 1.82) is 0 Å². The van der Waals surface area contributed by atoms with E-state index in [0.29, 0.717) is 35.6 Å². The maximum absolute atomic E-state index is 13.6. The molecule has 0 N–H and O–H groups in total. The summed E-state index contributed by atoms with van der Waals surface area (Å²) in [6, 6.07) is 0. The van der Waals surface area contributed by atoms with Crippen LogP contribution in [0.15, 0.2) is 39.6 Å². The van der Waals surface area contributed by atoms with Crippen LogP contribution >= 0.6 is 0 Å². The summed E-state index contributed by atoms with van der Waals surface area (Å²) in [5.74, 6) is -2.43. The van der Waals surface area contributed by atoms with Crippen LogP contribution in [0.5, 0.6) is 0 Å². The average Bonchev–Trinajstić information content (AvgIpc) is 3.34. The van der Waals surface area contributed by atoms with Crippen molar-refractivity contribution in [2.45, 2.75) is 57.0 Å². The molecule has 2 aliphatic heterocycles. The topological polar surface area (TPSA) is 109 Å². The van der Waals surface area contributed by atoms with Crippen LogP contribution in [0.4, 0.5) is 4.39 Å². The second-order valence-electron chi connectivity index (χ2n) is 8.70. The number of ether oxygens (including phenoxy) is 3. The van der Waals surface area contributed by atoms with Gasteiger partial charge in [-0.15, -0.1) is 0 Å². The molecular formula is C22H25FN2O7. The van der Waals surface area contributed by atoms with Crippen LogP contribution in [-0.4, -0.2) is 45.5 Å². The zero-order chi connectivity index (χ0) is 23.2. The molecule has 1 aromatic rings. The lowest BCUT2D eigenvalue weighted by Crippen LogP contribution is -2.40. The monoisotopic (exact) mass is 448 g/mol. The van der Waals surface area contributed by atoms with Crippen molar-refractivity contribution in [3.05, 3.63) is 56.7 Å². The molecular weight excluding hydrogens is 423 g/mol. The minimum atomic E-state index is -1.13. The smallest absolute Gasteiger partial charge is 0.334 e. The molecule has 172 valence electrons. The van der Waals surface area contributed by atoms with E-state index < -0.39 is 35.5 Å². The molecule has 1 aromatic heterocycles. The largest absolute Gasteiger partial charge is 0.460 e. The lowest BCUT2D eigenvalue weighted by Gasteiger charge is -2.20. The van der Waals surface area contributed by atoms with Crippen LogP contribution in [0.2, 0.25) is 0 Å². The summed E-state index contributed by atoms with van der Waals surface area (Å²) in [5.41, 5.74) is -0.936. The number of epoxide rings is 1. The van der Waals surface area contributed by atoms with Crippen molar-refractivity contribution >= 4 is 11.9 Å². The lowest BCUT2D eigenvalue weighted by atomic mass is 9.84. The molecule has 0 amide bonds. The van der Waals surface area contributed by atoms with Crippen LogP contribution in [-0.2, 0) is 37.4 Å². The van der Waals surface area contributed by atoms with Gasteiger partial charge in [-0.3, -0.25) is 18.7 Å². The van der Waals surface area contributed by atoms with Crippen LogP contribution in [0.1, 0.15) is 32.6 Å². The minimum absolute atomic E-state index is 0.00148. The first-order valence-corrected chi connectivity index (χ1v) is 10.5. The molecule has 0 saturated carbocycles. The number of carbonyl (C=O) groups excluding carboxylic acids is 2. The first-order chi connectivity index (χ1) is 15.1. The summed E-state index contributed by atoms with van der Waals surface area (Å²) in [4.78, 5) is 47.8. The minimum Gasteiger partial charge on any atom is -0.460 e. The molecule has 3 heterocycles. The van der Waals surface area contributed by atoms with Gasteiger partial charge in [0, 0.05) is 18.5 Å². The molecule has 32 heavy (non-hydrogen) atoms. The number of nitrogens with zero attached hydrogens (tertiary/aromatic N) is 2. The van der Waals surface area contributed by atoms with Gasteiger partial charge in [-0.1, -0.05) is 12.7 Å².